The van der Waals surface area contributed by atoms with Gasteiger partial charge in [-0.05, 0) is 55.9 Å². The number of carbonyl (C=O) groups excluding carboxylic acids is 1. The fourth-order valence-electron chi connectivity index (χ4n) is 3.97. The molecule has 3 unspecified atom stereocenters. The van der Waals surface area contributed by atoms with Crippen LogP contribution in [0.25, 0.3) is 0 Å². The second-order valence-corrected chi connectivity index (χ2v) is 8.41. The Morgan fingerprint density at radius 2 is 2.19 bits per heavy atom. The molecule has 3 rings (SSSR count). The topological polar surface area (TPSA) is 92.7 Å². The fourth-order valence-corrected chi connectivity index (χ4v) is 4.26. The molecule has 0 heterocycles. The number of fused-ring (bicyclic) bond motifs is 2. The van der Waals surface area contributed by atoms with Crippen molar-refractivity contribution < 1.29 is 31.6 Å². The summed E-state index contributed by atoms with van der Waals surface area (Å²) in [4.78, 5) is 12.0. The second kappa shape index (κ2) is 7.00. The fraction of sp³-hybridized carbons (Fsp3) is 0.500. The van der Waals surface area contributed by atoms with Crippen molar-refractivity contribution in [3.05, 3.63) is 42.2 Å². The van der Waals surface area contributed by atoms with E-state index in [1.807, 2.05) is 0 Å². The SMILES string of the molecule is C=CC1(Oc2cc(C(=O)OCCS(=O)(=O)[O-])ccc2F)CC2CCC1C2. The van der Waals surface area contributed by atoms with Crippen LogP contribution in [-0.4, -0.2) is 36.9 Å². The maximum absolute atomic E-state index is 14.2. The zero-order valence-electron chi connectivity index (χ0n) is 14.1. The first-order chi connectivity index (χ1) is 12.2. The molecule has 3 atom stereocenters. The summed E-state index contributed by atoms with van der Waals surface area (Å²) in [5, 5.41) is 0. The molecular weight excluding hydrogens is 363 g/mol. The van der Waals surface area contributed by atoms with Gasteiger partial charge < -0.3 is 14.0 Å². The molecule has 0 N–H and O–H groups in total. The summed E-state index contributed by atoms with van der Waals surface area (Å²) in [6, 6.07) is 3.55. The highest BCUT2D eigenvalue weighted by atomic mass is 32.2. The van der Waals surface area contributed by atoms with Crippen LogP contribution in [0.3, 0.4) is 0 Å². The van der Waals surface area contributed by atoms with Crippen molar-refractivity contribution in [3.63, 3.8) is 0 Å². The molecule has 0 aliphatic heterocycles. The first-order valence-corrected chi connectivity index (χ1v) is 10.0. The average Bonchev–Trinajstić information content (AvgIpc) is 3.17. The van der Waals surface area contributed by atoms with Crippen molar-refractivity contribution in [2.75, 3.05) is 12.4 Å². The van der Waals surface area contributed by atoms with Gasteiger partial charge in [-0.3, -0.25) is 0 Å². The highest BCUT2D eigenvalue weighted by molar-refractivity contribution is 7.85. The number of esters is 1. The van der Waals surface area contributed by atoms with E-state index in [0.29, 0.717) is 5.92 Å². The van der Waals surface area contributed by atoms with E-state index in [2.05, 4.69) is 6.58 Å². The normalized spacial score (nSPS) is 27.3. The molecule has 0 aromatic heterocycles. The van der Waals surface area contributed by atoms with Gasteiger partial charge in [0.1, 0.15) is 12.2 Å². The van der Waals surface area contributed by atoms with E-state index in [0.717, 1.165) is 31.7 Å². The van der Waals surface area contributed by atoms with Crippen LogP contribution >= 0.6 is 0 Å². The van der Waals surface area contributed by atoms with E-state index in [9.17, 15) is 22.2 Å². The molecule has 1 aromatic carbocycles. The molecule has 0 amide bonds. The van der Waals surface area contributed by atoms with Gasteiger partial charge in [0.2, 0.25) is 0 Å². The van der Waals surface area contributed by atoms with Crippen LogP contribution < -0.4 is 4.74 Å². The third-order valence-corrected chi connectivity index (χ3v) is 5.89. The molecule has 0 saturated heterocycles. The molecule has 0 radical (unpaired) electrons. The predicted molar refractivity (Wildman–Crippen MR) is 90.3 cm³/mol. The van der Waals surface area contributed by atoms with Crippen LogP contribution in [-0.2, 0) is 14.9 Å². The Labute approximate surface area is 151 Å². The molecule has 1 aromatic rings. The quantitative estimate of drug-likeness (QED) is 0.408. The van der Waals surface area contributed by atoms with Gasteiger partial charge in [0, 0.05) is 5.92 Å². The molecule has 142 valence electrons. The number of carbonyl (C=O) groups is 1. The molecule has 2 aliphatic carbocycles. The summed E-state index contributed by atoms with van der Waals surface area (Å²) in [6.07, 6.45) is 5.67. The van der Waals surface area contributed by atoms with Crippen LogP contribution in [0.15, 0.2) is 30.9 Å². The Hall–Kier alpha value is -1.93. The van der Waals surface area contributed by atoms with Crippen LogP contribution in [0.5, 0.6) is 5.75 Å². The van der Waals surface area contributed by atoms with Gasteiger partial charge in [-0.25, -0.2) is 17.6 Å². The number of hydrogen-bond acceptors (Lipinski definition) is 6. The Balaban J connectivity index is 1.73. The van der Waals surface area contributed by atoms with Gasteiger partial charge in [-0.2, -0.15) is 0 Å². The van der Waals surface area contributed by atoms with Crippen molar-refractivity contribution in [3.8, 4) is 5.75 Å². The summed E-state index contributed by atoms with van der Waals surface area (Å²) in [7, 11) is -4.47. The lowest BCUT2D eigenvalue weighted by Crippen LogP contribution is -2.39. The number of benzene rings is 1. The van der Waals surface area contributed by atoms with Gasteiger partial charge in [-0.1, -0.05) is 6.58 Å². The average molecular weight is 383 g/mol. The number of hydrogen-bond donors (Lipinski definition) is 0. The molecule has 2 saturated carbocycles. The summed E-state index contributed by atoms with van der Waals surface area (Å²) < 4.78 is 56.6. The number of ether oxygens (including phenoxy) is 2. The molecule has 2 bridgehead atoms. The maximum atomic E-state index is 14.2. The monoisotopic (exact) mass is 383 g/mol. The zero-order valence-corrected chi connectivity index (χ0v) is 15.0. The van der Waals surface area contributed by atoms with Crippen molar-refractivity contribution in [2.24, 2.45) is 11.8 Å². The lowest BCUT2D eigenvalue weighted by molar-refractivity contribution is 0.0507. The van der Waals surface area contributed by atoms with Gasteiger partial charge in [0.15, 0.2) is 11.6 Å². The number of rotatable bonds is 7. The van der Waals surface area contributed by atoms with E-state index < -0.39 is 39.9 Å². The standard InChI is InChI=1S/C18H21FO6S/c1-2-18(11-12-3-5-14(18)9-12)25-16-10-13(4-6-15(16)19)17(20)24-7-8-26(21,22)23/h2,4,6,10,12,14H,1,3,5,7-9,11H2,(H,21,22,23)/p-1. The van der Waals surface area contributed by atoms with Crippen LogP contribution in [0.2, 0.25) is 0 Å². The lowest BCUT2D eigenvalue weighted by Gasteiger charge is -2.35. The van der Waals surface area contributed by atoms with Crippen LogP contribution in [0, 0.1) is 17.7 Å². The first-order valence-electron chi connectivity index (χ1n) is 8.45. The van der Waals surface area contributed by atoms with Gasteiger partial charge >= 0.3 is 5.97 Å². The second-order valence-electron chi connectivity index (χ2n) is 6.88. The van der Waals surface area contributed by atoms with Crippen molar-refractivity contribution in [1.82, 2.24) is 0 Å². The van der Waals surface area contributed by atoms with Crippen molar-refractivity contribution in [2.45, 2.75) is 31.3 Å². The van der Waals surface area contributed by atoms with Crippen LogP contribution in [0.4, 0.5) is 4.39 Å². The van der Waals surface area contributed by atoms with E-state index in [-0.39, 0.29) is 17.2 Å². The predicted octanol–water partition coefficient (Wildman–Crippen LogP) is 2.65. The highest BCUT2D eigenvalue weighted by Gasteiger charge is 2.51. The Morgan fingerprint density at radius 3 is 2.77 bits per heavy atom. The van der Waals surface area contributed by atoms with Gasteiger partial charge in [0.25, 0.3) is 0 Å². The molecule has 6 nitrogen and oxygen atoms in total. The Morgan fingerprint density at radius 1 is 1.42 bits per heavy atom. The molecular formula is C18H20FO6S-. The zero-order chi connectivity index (χ0) is 18.9. The largest absolute Gasteiger partial charge is 0.748 e. The summed E-state index contributed by atoms with van der Waals surface area (Å²) in [6.45, 7) is 3.30. The summed E-state index contributed by atoms with van der Waals surface area (Å²) >= 11 is 0. The first kappa shape index (κ1) is 18.8. The number of halogens is 1. The van der Waals surface area contributed by atoms with E-state index in [1.54, 1.807) is 6.08 Å². The van der Waals surface area contributed by atoms with Crippen molar-refractivity contribution in [1.29, 1.82) is 0 Å². The molecule has 26 heavy (non-hydrogen) atoms. The van der Waals surface area contributed by atoms with Crippen molar-refractivity contribution >= 4 is 16.1 Å². The van der Waals surface area contributed by atoms with E-state index in [4.69, 9.17) is 9.47 Å². The lowest BCUT2D eigenvalue weighted by atomic mass is 9.84. The Kier molecular flexibility index (Phi) is 5.07. The minimum absolute atomic E-state index is 0.0204. The minimum Gasteiger partial charge on any atom is -0.748 e. The maximum Gasteiger partial charge on any atom is 0.338 e. The third-order valence-electron chi connectivity index (χ3n) is 5.22. The molecule has 2 fully saturated rings. The third kappa shape index (κ3) is 3.91. The summed E-state index contributed by atoms with van der Waals surface area (Å²) in [5.41, 5.74) is -0.616. The minimum atomic E-state index is -4.47. The van der Waals surface area contributed by atoms with Crippen LogP contribution in [0.1, 0.15) is 36.0 Å². The summed E-state index contributed by atoms with van der Waals surface area (Å²) in [5.74, 6) is -1.51. The van der Waals surface area contributed by atoms with Gasteiger partial charge in [0.05, 0.1) is 21.4 Å². The van der Waals surface area contributed by atoms with Gasteiger partial charge in [-0.15, -0.1) is 0 Å². The molecule has 8 heteroatoms. The molecule has 2 aliphatic rings. The Bertz CT molecular complexity index is 821. The highest BCUT2D eigenvalue weighted by Crippen LogP contribution is 2.53. The molecule has 0 spiro atoms. The smallest absolute Gasteiger partial charge is 0.338 e. The van der Waals surface area contributed by atoms with E-state index >= 15 is 0 Å². The van der Waals surface area contributed by atoms with E-state index in [1.165, 1.54) is 12.1 Å².